The summed E-state index contributed by atoms with van der Waals surface area (Å²) in [5.74, 6) is 1.66. The van der Waals surface area contributed by atoms with Crippen LogP contribution in [0.3, 0.4) is 0 Å². The van der Waals surface area contributed by atoms with Gasteiger partial charge >= 0.3 is 0 Å². The van der Waals surface area contributed by atoms with Crippen LogP contribution < -0.4 is 10.1 Å². The fourth-order valence-corrected chi connectivity index (χ4v) is 3.38. The van der Waals surface area contributed by atoms with Gasteiger partial charge in [-0.3, -0.25) is 9.89 Å². The molecule has 0 fully saturated rings. The SMILES string of the molecule is Cc1nc(C(NC(=O)COc2ccccc2Cc2ccccc2)c2ccccc2)n[nH]1. The molecule has 1 amide bonds. The first kappa shape index (κ1) is 20.3. The number of rotatable bonds is 8. The summed E-state index contributed by atoms with van der Waals surface area (Å²) in [5, 5.41) is 10.1. The molecule has 2 N–H and O–H groups in total. The molecule has 0 aliphatic rings. The average molecular weight is 412 g/mol. The van der Waals surface area contributed by atoms with Crippen molar-refractivity contribution in [2.24, 2.45) is 0 Å². The first-order chi connectivity index (χ1) is 15.2. The van der Waals surface area contributed by atoms with Gasteiger partial charge in [0.25, 0.3) is 5.91 Å². The summed E-state index contributed by atoms with van der Waals surface area (Å²) in [6.07, 6.45) is 0.738. The molecule has 0 saturated heterocycles. The van der Waals surface area contributed by atoms with Crippen LogP contribution in [0, 0.1) is 6.92 Å². The number of ether oxygens (including phenoxy) is 1. The molecule has 3 aromatic carbocycles. The minimum Gasteiger partial charge on any atom is -0.483 e. The summed E-state index contributed by atoms with van der Waals surface area (Å²) in [5.41, 5.74) is 3.12. The quantitative estimate of drug-likeness (QED) is 0.459. The first-order valence-electron chi connectivity index (χ1n) is 10.2. The number of nitrogens with one attached hydrogen (secondary N) is 2. The zero-order chi connectivity index (χ0) is 21.5. The van der Waals surface area contributed by atoms with Crippen LogP contribution in [0.5, 0.6) is 5.75 Å². The van der Waals surface area contributed by atoms with E-state index in [4.69, 9.17) is 4.74 Å². The lowest BCUT2D eigenvalue weighted by molar-refractivity contribution is -0.123. The molecule has 6 heteroatoms. The summed E-state index contributed by atoms with van der Waals surface area (Å²) >= 11 is 0. The number of carbonyl (C=O) groups excluding carboxylic acids is 1. The van der Waals surface area contributed by atoms with Crippen LogP contribution in [0.2, 0.25) is 0 Å². The summed E-state index contributed by atoms with van der Waals surface area (Å²) < 4.78 is 5.89. The van der Waals surface area contributed by atoms with Crippen molar-refractivity contribution in [3.63, 3.8) is 0 Å². The van der Waals surface area contributed by atoms with E-state index < -0.39 is 6.04 Å². The molecule has 0 aliphatic heterocycles. The number of carbonyl (C=O) groups is 1. The molecule has 6 nitrogen and oxygen atoms in total. The maximum atomic E-state index is 12.7. The number of H-pyrrole nitrogens is 1. The molecule has 1 heterocycles. The summed E-state index contributed by atoms with van der Waals surface area (Å²) in [6, 6.07) is 27.2. The van der Waals surface area contributed by atoms with Crippen molar-refractivity contribution in [3.8, 4) is 5.75 Å². The Bertz CT molecular complexity index is 1130. The van der Waals surface area contributed by atoms with Gasteiger partial charge in [-0.05, 0) is 29.7 Å². The number of aromatic nitrogens is 3. The van der Waals surface area contributed by atoms with Gasteiger partial charge in [-0.2, -0.15) is 5.10 Å². The van der Waals surface area contributed by atoms with Crippen molar-refractivity contribution in [2.45, 2.75) is 19.4 Å². The van der Waals surface area contributed by atoms with Gasteiger partial charge in [-0.1, -0.05) is 78.9 Å². The maximum Gasteiger partial charge on any atom is 0.258 e. The lowest BCUT2D eigenvalue weighted by Crippen LogP contribution is -2.34. The number of aryl methyl sites for hydroxylation is 1. The Kier molecular flexibility index (Phi) is 6.38. The van der Waals surface area contributed by atoms with Crippen LogP contribution in [-0.4, -0.2) is 27.7 Å². The van der Waals surface area contributed by atoms with Gasteiger partial charge in [0, 0.05) is 6.42 Å². The van der Waals surface area contributed by atoms with E-state index in [0.717, 1.165) is 17.5 Å². The van der Waals surface area contributed by atoms with Crippen molar-refractivity contribution < 1.29 is 9.53 Å². The monoisotopic (exact) mass is 412 g/mol. The van der Waals surface area contributed by atoms with Crippen LogP contribution in [0.25, 0.3) is 0 Å². The second-order valence-corrected chi connectivity index (χ2v) is 7.25. The summed E-state index contributed by atoms with van der Waals surface area (Å²) in [4.78, 5) is 17.1. The number of benzene rings is 3. The highest BCUT2D eigenvalue weighted by Gasteiger charge is 2.21. The zero-order valence-corrected chi connectivity index (χ0v) is 17.3. The topological polar surface area (TPSA) is 79.9 Å². The smallest absolute Gasteiger partial charge is 0.258 e. The first-order valence-corrected chi connectivity index (χ1v) is 10.2. The minimum atomic E-state index is -0.457. The van der Waals surface area contributed by atoms with Gasteiger partial charge in [-0.25, -0.2) is 4.98 Å². The fraction of sp³-hybridized carbons (Fsp3) is 0.160. The molecule has 4 aromatic rings. The van der Waals surface area contributed by atoms with E-state index in [2.05, 4.69) is 32.6 Å². The van der Waals surface area contributed by atoms with Crippen LogP contribution in [0.15, 0.2) is 84.9 Å². The molecule has 1 unspecified atom stereocenters. The van der Waals surface area contributed by atoms with Gasteiger partial charge < -0.3 is 10.1 Å². The normalized spacial score (nSPS) is 11.6. The number of para-hydroxylation sites is 1. The lowest BCUT2D eigenvalue weighted by Gasteiger charge is -2.17. The third-order valence-electron chi connectivity index (χ3n) is 4.88. The lowest BCUT2D eigenvalue weighted by atomic mass is 10.0. The van der Waals surface area contributed by atoms with Crippen LogP contribution in [0.4, 0.5) is 0 Å². The van der Waals surface area contributed by atoms with Crippen LogP contribution in [0.1, 0.15) is 34.4 Å². The molecular weight excluding hydrogens is 388 g/mol. The third kappa shape index (κ3) is 5.36. The van der Waals surface area contributed by atoms with E-state index in [1.165, 1.54) is 5.56 Å². The Labute approximate surface area is 181 Å². The maximum absolute atomic E-state index is 12.7. The van der Waals surface area contributed by atoms with Gasteiger partial charge in [0.1, 0.15) is 17.6 Å². The molecule has 4 rings (SSSR count). The Balaban J connectivity index is 1.45. The van der Waals surface area contributed by atoms with E-state index >= 15 is 0 Å². The fourth-order valence-electron chi connectivity index (χ4n) is 3.38. The van der Waals surface area contributed by atoms with E-state index in [0.29, 0.717) is 17.4 Å². The highest BCUT2D eigenvalue weighted by molar-refractivity contribution is 5.78. The molecule has 0 radical (unpaired) electrons. The number of hydrogen-bond donors (Lipinski definition) is 2. The van der Waals surface area contributed by atoms with E-state index in [9.17, 15) is 4.79 Å². The predicted octanol–water partition coefficient (Wildman–Crippen LogP) is 3.99. The molecule has 0 bridgehead atoms. The van der Waals surface area contributed by atoms with Gasteiger partial charge in [0.15, 0.2) is 12.4 Å². The zero-order valence-electron chi connectivity index (χ0n) is 17.3. The highest BCUT2D eigenvalue weighted by Crippen LogP contribution is 2.22. The molecule has 0 spiro atoms. The van der Waals surface area contributed by atoms with E-state index in [1.54, 1.807) is 0 Å². The van der Waals surface area contributed by atoms with Crippen molar-refractivity contribution in [2.75, 3.05) is 6.61 Å². The number of hydrogen-bond acceptors (Lipinski definition) is 4. The highest BCUT2D eigenvalue weighted by atomic mass is 16.5. The standard InChI is InChI=1S/C25H24N4O2/c1-18-26-25(29-28-18)24(20-12-6-3-7-13-20)27-23(30)17-31-22-15-9-8-14-21(22)16-19-10-4-2-5-11-19/h2-15,24H,16-17H2,1H3,(H,27,30)(H,26,28,29). The second kappa shape index (κ2) is 9.71. The van der Waals surface area contributed by atoms with Crippen molar-refractivity contribution in [3.05, 3.63) is 113 Å². The van der Waals surface area contributed by atoms with E-state index in [-0.39, 0.29) is 12.5 Å². The average Bonchev–Trinajstić information content (AvgIpc) is 3.24. The predicted molar refractivity (Wildman–Crippen MR) is 119 cm³/mol. The van der Waals surface area contributed by atoms with Crippen molar-refractivity contribution >= 4 is 5.91 Å². The molecule has 1 aromatic heterocycles. The Morgan fingerprint density at radius 2 is 1.65 bits per heavy atom. The van der Waals surface area contributed by atoms with Crippen LogP contribution >= 0.6 is 0 Å². The van der Waals surface area contributed by atoms with Gasteiger partial charge in [0.05, 0.1) is 0 Å². The van der Waals surface area contributed by atoms with Crippen LogP contribution in [-0.2, 0) is 11.2 Å². The van der Waals surface area contributed by atoms with Crippen molar-refractivity contribution in [1.82, 2.24) is 20.5 Å². The molecule has 0 saturated carbocycles. The Hall–Kier alpha value is -3.93. The largest absolute Gasteiger partial charge is 0.483 e. The molecular formula is C25H24N4O2. The minimum absolute atomic E-state index is 0.0987. The molecule has 156 valence electrons. The van der Waals surface area contributed by atoms with Gasteiger partial charge in [0.2, 0.25) is 0 Å². The number of amides is 1. The molecule has 31 heavy (non-hydrogen) atoms. The number of aromatic amines is 1. The summed E-state index contributed by atoms with van der Waals surface area (Å²) in [7, 11) is 0. The van der Waals surface area contributed by atoms with E-state index in [1.807, 2.05) is 79.7 Å². The second-order valence-electron chi connectivity index (χ2n) is 7.25. The van der Waals surface area contributed by atoms with Crippen molar-refractivity contribution in [1.29, 1.82) is 0 Å². The molecule has 1 atom stereocenters. The third-order valence-corrected chi connectivity index (χ3v) is 4.88. The Morgan fingerprint density at radius 1 is 0.968 bits per heavy atom. The van der Waals surface area contributed by atoms with Gasteiger partial charge in [-0.15, -0.1) is 0 Å². The molecule has 0 aliphatic carbocycles. The number of nitrogens with zero attached hydrogens (tertiary/aromatic N) is 2. The Morgan fingerprint density at radius 3 is 2.35 bits per heavy atom. The summed E-state index contributed by atoms with van der Waals surface area (Å²) in [6.45, 7) is 1.73.